The fourth-order valence-electron chi connectivity index (χ4n) is 1.09. The first-order chi connectivity index (χ1) is 7.76. The zero-order valence-electron chi connectivity index (χ0n) is 7.93. The van der Waals surface area contributed by atoms with Crippen molar-refractivity contribution in [1.29, 1.82) is 0 Å². The van der Waals surface area contributed by atoms with Crippen LogP contribution in [0.25, 0.3) is 0 Å². The van der Waals surface area contributed by atoms with E-state index in [9.17, 15) is 22.0 Å². The van der Waals surface area contributed by atoms with Gasteiger partial charge in [-0.25, -0.2) is 13.8 Å². The summed E-state index contributed by atoms with van der Waals surface area (Å²) in [5.41, 5.74) is -1.46. The van der Waals surface area contributed by atoms with Gasteiger partial charge in [0.1, 0.15) is 4.60 Å². The molecule has 0 aromatic carbocycles. The summed E-state index contributed by atoms with van der Waals surface area (Å²) >= 11 is 2.63. The SMILES string of the molecule is OCc1c(C(F)F)cnc(Br)c1OC(F)(F)F. The fraction of sp³-hybridized carbons (Fsp3) is 0.375. The predicted octanol–water partition coefficient (Wildman–Crippen LogP) is 3.17. The molecule has 0 fully saturated rings. The Hall–Kier alpha value is -0.960. The second-order valence-electron chi connectivity index (χ2n) is 2.82. The minimum atomic E-state index is -5.06. The lowest BCUT2D eigenvalue weighted by atomic mass is 10.1. The van der Waals surface area contributed by atoms with Crippen molar-refractivity contribution in [3.8, 4) is 5.75 Å². The number of rotatable bonds is 3. The van der Waals surface area contributed by atoms with E-state index in [2.05, 4.69) is 25.7 Å². The molecular formula is C8H5BrF5NO2. The number of hydrogen-bond acceptors (Lipinski definition) is 3. The first kappa shape index (κ1) is 14.1. The van der Waals surface area contributed by atoms with Gasteiger partial charge in [0, 0.05) is 17.3 Å². The number of nitrogens with zero attached hydrogens (tertiary/aromatic N) is 1. The monoisotopic (exact) mass is 321 g/mol. The van der Waals surface area contributed by atoms with E-state index in [0.717, 1.165) is 0 Å². The first-order valence-corrected chi connectivity index (χ1v) is 4.87. The van der Waals surface area contributed by atoms with Crippen molar-refractivity contribution in [3.05, 3.63) is 21.9 Å². The highest BCUT2D eigenvalue weighted by molar-refractivity contribution is 9.10. The maximum absolute atomic E-state index is 12.5. The van der Waals surface area contributed by atoms with Gasteiger partial charge in [-0.05, 0) is 15.9 Å². The predicted molar refractivity (Wildman–Crippen MR) is 49.5 cm³/mol. The average Bonchev–Trinajstić information content (AvgIpc) is 2.18. The van der Waals surface area contributed by atoms with Crippen LogP contribution >= 0.6 is 15.9 Å². The van der Waals surface area contributed by atoms with Gasteiger partial charge in [0.15, 0.2) is 5.75 Å². The molecule has 96 valence electrons. The highest BCUT2D eigenvalue weighted by Gasteiger charge is 2.34. The Morgan fingerprint density at radius 3 is 2.41 bits per heavy atom. The second kappa shape index (κ2) is 5.13. The van der Waals surface area contributed by atoms with Crippen molar-refractivity contribution < 1.29 is 31.8 Å². The van der Waals surface area contributed by atoms with E-state index in [0.29, 0.717) is 6.20 Å². The summed E-state index contributed by atoms with van der Waals surface area (Å²) in [6, 6.07) is 0. The molecule has 3 nitrogen and oxygen atoms in total. The van der Waals surface area contributed by atoms with Crippen LogP contribution in [0.15, 0.2) is 10.8 Å². The molecule has 0 aliphatic rings. The van der Waals surface area contributed by atoms with E-state index in [1.165, 1.54) is 0 Å². The molecular weight excluding hydrogens is 317 g/mol. The molecule has 0 unspecified atom stereocenters. The van der Waals surface area contributed by atoms with Gasteiger partial charge in [0.25, 0.3) is 6.43 Å². The summed E-state index contributed by atoms with van der Waals surface area (Å²) in [5, 5.41) is 8.84. The Balaban J connectivity index is 3.30. The van der Waals surface area contributed by atoms with Gasteiger partial charge < -0.3 is 9.84 Å². The van der Waals surface area contributed by atoms with E-state index in [1.54, 1.807) is 0 Å². The van der Waals surface area contributed by atoms with Crippen LogP contribution in [0, 0.1) is 0 Å². The Labute approximate surface area is 100 Å². The molecule has 0 saturated carbocycles. The van der Waals surface area contributed by atoms with E-state index in [1.807, 2.05) is 0 Å². The minimum Gasteiger partial charge on any atom is -0.402 e. The largest absolute Gasteiger partial charge is 0.573 e. The third kappa shape index (κ3) is 3.50. The van der Waals surface area contributed by atoms with Crippen LogP contribution in [0.2, 0.25) is 0 Å². The Kier molecular flexibility index (Phi) is 4.26. The van der Waals surface area contributed by atoms with Gasteiger partial charge in [0.2, 0.25) is 0 Å². The lowest BCUT2D eigenvalue weighted by molar-refractivity contribution is -0.275. The third-order valence-electron chi connectivity index (χ3n) is 1.74. The standard InChI is InChI=1S/C8H5BrF5NO2/c9-6-5(17-8(12,13)14)4(2-16)3(1-15-6)7(10)11/h1,7,16H,2H2. The molecule has 17 heavy (non-hydrogen) atoms. The third-order valence-corrected chi connectivity index (χ3v) is 2.30. The van der Waals surface area contributed by atoms with Gasteiger partial charge in [-0.1, -0.05) is 0 Å². The Bertz CT molecular complexity index is 410. The van der Waals surface area contributed by atoms with Crippen LogP contribution < -0.4 is 4.74 Å². The van der Waals surface area contributed by atoms with Crippen LogP contribution in [0.3, 0.4) is 0 Å². The molecule has 1 N–H and O–H groups in total. The maximum atomic E-state index is 12.5. The summed E-state index contributed by atoms with van der Waals surface area (Å²) in [7, 11) is 0. The average molecular weight is 322 g/mol. The van der Waals surface area contributed by atoms with Gasteiger partial charge in [0.05, 0.1) is 6.61 Å². The Morgan fingerprint density at radius 1 is 1.41 bits per heavy atom. The van der Waals surface area contributed by atoms with Crippen molar-refractivity contribution >= 4 is 15.9 Å². The van der Waals surface area contributed by atoms with Crippen LogP contribution in [-0.2, 0) is 6.61 Å². The van der Waals surface area contributed by atoms with E-state index in [-0.39, 0.29) is 0 Å². The first-order valence-electron chi connectivity index (χ1n) is 4.08. The van der Waals surface area contributed by atoms with Gasteiger partial charge >= 0.3 is 6.36 Å². The minimum absolute atomic E-state index is 0.414. The molecule has 0 bridgehead atoms. The van der Waals surface area contributed by atoms with Crippen LogP contribution in [0.1, 0.15) is 17.6 Å². The number of hydrogen-bond donors (Lipinski definition) is 1. The van der Waals surface area contributed by atoms with Crippen molar-refractivity contribution in [2.75, 3.05) is 0 Å². The number of halogens is 6. The molecule has 9 heteroatoms. The molecule has 0 atom stereocenters. The van der Waals surface area contributed by atoms with E-state index >= 15 is 0 Å². The van der Waals surface area contributed by atoms with Crippen molar-refractivity contribution in [1.82, 2.24) is 4.98 Å². The summed E-state index contributed by atoms with van der Waals surface area (Å²) in [6.45, 7) is -1.02. The molecule has 0 aliphatic carbocycles. The van der Waals surface area contributed by atoms with E-state index < -0.39 is 40.9 Å². The molecule has 1 heterocycles. The molecule has 1 rings (SSSR count). The summed E-state index contributed by atoms with van der Waals surface area (Å²) in [5.74, 6) is -0.960. The molecule has 0 aliphatic heterocycles. The second-order valence-corrected chi connectivity index (χ2v) is 3.57. The van der Waals surface area contributed by atoms with Crippen LogP contribution in [0.4, 0.5) is 22.0 Å². The molecule has 1 aromatic heterocycles. The molecule has 0 spiro atoms. The van der Waals surface area contributed by atoms with Crippen molar-refractivity contribution in [2.24, 2.45) is 0 Å². The molecule has 0 saturated heterocycles. The van der Waals surface area contributed by atoms with E-state index in [4.69, 9.17) is 5.11 Å². The number of ether oxygens (including phenoxy) is 1. The van der Waals surface area contributed by atoms with Gasteiger partial charge in [-0.2, -0.15) is 0 Å². The van der Waals surface area contributed by atoms with Crippen LogP contribution in [0.5, 0.6) is 5.75 Å². The topological polar surface area (TPSA) is 42.4 Å². The highest BCUT2D eigenvalue weighted by Crippen LogP contribution is 2.37. The smallest absolute Gasteiger partial charge is 0.402 e. The number of alkyl halides is 5. The zero-order valence-corrected chi connectivity index (χ0v) is 9.52. The van der Waals surface area contributed by atoms with Crippen molar-refractivity contribution in [2.45, 2.75) is 19.4 Å². The number of aromatic nitrogens is 1. The summed E-state index contributed by atoms with van der Waals surface area (Å²) in [4.78, 5) is 3.29. The van der Waals surface area contributed by atoms with Crippen molar-refractivity contribution in [3.63, 3.8) is 0 Å². The number of pyridine rings is 1. The van der Waals surface area contributed by atoms with Gasteiger partial charge in [-0.3, -0.25) is 0 Å². The summed E-state index contributed by atoms with van der Waals surface area (Å²) in [6.07, 6.45) is -7.45. The van der Waals surface area contributed by atoms with Gasteiger partial charge in [-0.15, -0.1) is 13.2 Å². The molecule has 0 radical (unpaired) electrons. The Morgan fingerprint density at radius 2 is 2.00 bits per heavy atom. The zero-order chi connectivity index (χ0) is 13.2. The number of aliphatic hydroxyl groups is 1. The maximum Gasteiger partial charge on any atom is 0.573 e. The fourth-order valence-corrected chi connectivity index (χ4v) is 1.51. The lowest BCUT2D eigenvalue weighted by Gasteiger charge is -2.15. The number of aliphatic hydroxyl groups excluding tert-OH is 1. The molecule has 0 amide bonds. The lowest BCUT2D eigenvalue weighted by Crippen LogP contribution is -2.19. The normalized spacial score (nSPS) is 12.0. The molecule has 1 aromatic rings. The highest BCUT2D eigenvalue weighted by atomic mass is 79.9. The summed E-state index contributed by atoms with van der Waals surface area (Å²) < 4.78 is 64.1. The van der Waals surface area contributed by atoms with Crippen LogP contribution in [-0.4, -0.2) is 16.5 Å². The quantitative estimate of drug-likeness (QED) is 0.687.